The van der Waals surface area contributed by atoms with Gasteiger partial charge in [0.25, 0.3) is 0 Å². The number of rotatable bonds is 3. The number of ether oxygens (including phenoxy) is 1. The van der Waals surface area contributed by atoms with Crippen LogP contribution in [0.4, 0.5) is 5.69 Å². The number of nitrogens with zero attached hydrogens (tertiary/aromatic N) is 3. The Kier molecular flexibility index (Phi) is 6.62. The summed E-state index contributed by atoms with van der Waals surface area (Å²) < 4.78 is 7.17. The highest BCUT2D eigenvalue weighted by Crippen LogP contribution is 2.48. The van der Waals surface area contributed by atoms with Crippen molar-refractivity contribution >= 4 is 50.5 Å². The molecule has 9 nitrogen and oxygen atoms in total. The summed E-state index contributed by atoms with van der Waals surface area (Å²) in [7, 11) is 2.08. The number of aryl methyl sites for hydroxylation is 1. The first kappa shape index (κ1) is 24.4. The third-order valence-corrected chi connectivity index (χ3v) is 7.08. The predicted molar refractivity (Wildman–Crippen MR) is 135 cm³/mol. The number of likely N-dealkylation sites (N-methyl/N-ethyl adjacent to an activating group) is 1. The molecule has 0 bridgehead atoms. The normalized spacial score (nSPS) is 15.9. The number of amidine groups is 1. The monoisotopic (exact) mass is 495 g/mol. The van der Waals surface area contributed by atoms with E-state index >= 15 is 0 Å². The van der Waals surface area contributed by atoms with Crippen LogP contribution in [0.15, 0.2) is 47.5 Å². The molecule has 0 unspecified atom stereocenters. The summed E-state index contributed by atoms with van der Waals surface area (Å²) >= 11 is 1.41. The van der Waals surface area contributed by atoms with Gasteiger partial charge in [0.1, 0.15) is 11.5 Å². The molecule has 0 spiro atoms. The van der Waals surface area contributed by atoms with Crippen LogP contribution in [-0.2, 0) is 9.59 Å². The molecule has 3 heterocycles. The smallest absolute Gasteiger partial charge is 0.336 e. The van der Waals surface area contributed by atoms with Gasteiger partial charge in [0.15, 0.2) is 10.8 Å². The Morgan fingerprint density at radius 2 is 1.86 bits per heavy atom. The second-order valence-corrected chi connectivity index (χ2v) is 9.46. The van der Waals surface area contributed by atoms with E-state index in [1.807, 2.05) is 31.2 Å². The average Bonchev–Trinajstić information content (AvgIpc) is 3.07. The van der Waals surface area contributed by atoms with Crippen molar-refractivity contribution in [2.45, 2.75) is 6.92 Å². The van der Waals surface area contributed by atoms with Gasteiger partial charge in [-0.3, -0.25) is 0 Å². The van der Waals surface area contributed by atoms with E-state index in [4.69, 9.17) is 9.73 Å². The minimum Gasteiger partial charge on any atom is -0.478 e. The molecule has 2 aromatic carbocycles. The first-order valence-corrected chi connectivity index (χ1v) is 11.7. The fourth-order valence-corrected chi connectivity index (χ4v) is 5.40. The zero-order chi connectivity index (χ0) is 24.0. The number of piperazine rings is 1. The highest BCUT2D eigenvalue weighted by molar-refractivity contribution is 7.21. The molecular weight excluding hydrogens is 470 g/mol. The predicted octanol–water partition coefficient (Wildman–Crippen LogP) is 3.37. The maximum Gasteiger partial charge on any atom is 0.336 e. The van der Waals surface area contributed by atoms with Crippen LogP contribution in [0.2, 0.25) is 0 Å². The number of carboxylic acid groups (broad SMARTS) is 2. The molecule has 1 fully saturated rings. The second kappa shape index (κ2) is 9.49. The Labute approximate surface area is 205 Å². The molecule has 35 heavy (non-hydrogen) atoms. The molecule has 0 atom stereocenters. The first-order valence-electron chi connectivity index (χ1n) is 10.9. The van der Waals surface area contributed by atoms with E-state index in [1.54, 1.807) is 12.1 Å². The number of aliphatic imine (C=N–C) groups is 1. The molecule has 2 aliphatic rings. The molecule has 4 N–H and O–H groups in total. The zero-order valence-corrected chi connectivity index (χ0v) is 20.1. The largest absolute Gasteiger partial charge is 0.478 e. The van der Waals surface area contributed by atoms with Gasteiger partial charge in [0.05, 0.1) is 11.1 Å². The summed E-state index contributed by atoms with van der Waals surface area (Å²) in [6, 6.07) is 11.1. The number of carbonyl (C=O) groups is 2. The minimum absolute atomic E-state index is 0. The highest BCUT2D eigenvalue weighted by atomic mass is 32.1. The number of hydrogen-bond acceptors (Lipinski definition) is 7. The SMILES string of the molecule is Cc1ccc2c(c1)Oc1sc3cccc(C(=CC(=O)O)C(=O)O)c3c1C(N1CCN(C)CC1)=N2.O. The lowest BCUT2D eigenvalue weighted by atomic mass is 9.97. The van der Waals surface area contributed by atoms with Crippen molar-refractivity contribution in [1.82, 2.24) is 9.80 Å². The van der Waals surface area contributed by atoms with Crippen LogP contribution in [0.25, 0.3) is 15.7 Å². The van der Waals surface area contributed by atoms with E-state index < -0.39 is 11.9 Å². The molecule has 182 valence electrons. The van der Waals surface area contributed by atoms with Gasteiger partial charge in [0.2, 0.25) is 0 Å². The number of hydrogen-bond donors (Lipinski definition) is 2. The standard InChI is InChI=1S/C25H23N3O5S.H2O/c1-14-6-7-17-18(12-14)33-25-22(23(26-17)28-10-8-27(2)9-11-28)21-15(4-3-5-19(21)34-25)16(24(31)32)13-20(29)30;/h3-7,12-13H,8-11H2,1-2H3,(H,29,30)(H,31,32);1H2. The molecular formula is C25H25N3O6S. The van der Waals surface area contributed by atoms with Crippen molar-refractivity contribution in [2.24, 2.45) is 4.99 Å². The number of fused-ring (bicyclic) bond motifs is 4. The Bertz CT molecular complexity index is 1390. The Morgan fingerprint density at radius 1 is 1.11 bits per heavy atom. The van der Waals surface area contributed by atoms with Crippen molar-refractivity contribution in [1.29, 1.82) is 0 Å². The Hall–Kier alpha value is -3.73. The van der Waals surface area contributed by atoms with E-state index in [9.17, 15) is 19.8 Å². The van der Waals surface area contributed by atoms with E-state index in [2.05, 4.69) is 16.8 Å². The lowest BCUT2D eigenvalue weighted by Gasteiger charge is -2.34. The van der Waals surface area contributed by atoms with Gasteiger partial charge in [-0.25, -0.2) is 14.6 Å². The van der Waals surface area contributed by atoms with Gasteiger partial charge in [0, 0.05) is 42.3 Å². The minimum atomic E-state index is -1.32. The van der Waals surface area contributed by atoms with Gasteiger partial charge < -0.3 is 30.2 Å². The lowest BCUT2D eigenvalue weighted by Crippen LogP contribution is -2.47. The third kappa shape index (κ3) is 4.51. The summed E-state index contributed by atoms with van der Waals surface area (Å²) in [4.78, 5) is 33.0. The van der Waals surface area contributed by atoms with Crippen LogP contribution >= 0.6 is 11.3 Å². The fraction of sp³-hybridized carbons (Fsp3) is 0.240. The van der Waals surface area contributed by atoms with E-state index in [0.29, 0.717) is 38.8 Å². The number of carboxylic acids is 2. The Morgan fingerprint density at radius 3 is 2.54 bits per heavy atom. The topological polar surface area (TPSA) is 134 Å². The lowest BCUT2D eigenvalue weighted by molar-refractivity contribution is -0.133. The van der Waals surface area contributed by atoms with Gasteiger partial charge >= 0.3 is 11.9 Å². The van der Waals surface area contributed by atoms with E-state index in [1.165, 1.54) is 11.3 Å². The average molecular weight is 496 g/mol. The van der Waals surface area contributed by atoms with Gasteiger partial charge in [-0.15, -0.1) is 0 Å². The van der Waals surface area contributed by atoms with Gasteiger partial charge in [-0.1, -0.05) is 29.5 Å². The molecule has 0 amide bonds. The van der Waals surface area contributed by atoms with Crippen molar-refractivity contribution in [2.75, 3.05) is 33.2 Å². The van der Waals surface area contributed by atoms with Gasteiger partial charge in [-0.05, 0) is 43.3 Å². The summed E-state index contributed by atoms with van der Waals surface area (Å²) in [5, 5.41) is 20.4. The van der Waals surface area contributed by atoms with Crippen molar-refractivity contribution in [3.05, 3.63) is 59.2 Å². The Balaban J connectivity index is 0.00000289. The zero-order valence-electron chi connectivity index (χ0n) is 19.2. The van der Waals surface area contributed by atoms with Crippen molar-refractivity contribution < 1.29 is 30.0 Å². The number of thiophene rings is 1. The molecule has 1 aromatic heterocycles. The molecule has 3 aromatic rings. The first-order chi connectivity index (χ1) is 16.3. The van der Waals surface area contributed by atoms with Crippen molar-refractivity contribution in [3.8, 4) is 10.8 Å². The molecule has 0 saturated carbocycles. The van der Waals surface area contributed by atoms with Gasteiger partial charge in [-0.2, -0.15) is 0 Å². The quantitative estimate of drug-likeness (QED) is 0.532. The molecule has 0 radical (unpaired) electrons. The molecule has 5 rings (SSSR count). The van der Waals surface area contributed by atoms with Crippen LogP contribution in [0.1, 0.15) is 16.7 Å². The fourth-order valence-electron chi connectivity index (χ4n) is 4.32. The molecule has 10 heteroatoms. The molecule has 1 saturated heterocycles. The van der Waals surface area contributed by atoms with Crippen molar-refractivity contribution in [3.63, 3.8) is 0 Å². The van der Waals surface area contributed by atoms with Crippen LogP contribution in [0.5, 0.6) is 10.8 Å². The van der Waals surface area contributed by atoms with Crippen LogP contribution in [0, 0.1) is 6.92 Å². The summed E-state index contributed by atoms with van der Waals surface area (Å²) in [5.74, 6) is -1.27. The van der Waals surface area contributed by atoms with Crippen LogP contribution < -0.4 is 4.74 Å². The van der Waals surface area contributed by atoms with E-state index in [0.717, 1.165) is 42.5 Å². The van der Waals surface area contributed by atoms with E-state index in [-0.39, 0.29) is 11.0 Å². The summed E-state index contributed by atoms with van der Waals surface area (Å²) in [5.41, 5.74) is 2.49. The summed E-state index contributed by atoms with van der Waals surface area (Å²) in [6.45, 7) is 5.23. The number of benzene rings is 2. The van der Waals surface area contributed by atoms with Crippen LogP contribution in [-0.4, -0.2) is 76.5 Å². The highest BCUT2D eigenvalue weighted by Gasteiger charge is 2.31. The van der Waals surface area contributed by atoms with Crippen LogP contribution in [0.3, 0.4) is 0 Å². The third-order valence-electron chi connectivity index (χ3n) is 6.04. The molecule has 0 aliphatic carbocycles. The maximum absolute atomic E-state index is 12.1. The summed E-state index contributed by atoms with van der Waals surface area (Å²) in [6.07, 6.45) is 0.740. The number of aliphatic carboxylic acids is 2. The second-order valence-electron chi connectivity index (χ2n) is 8.44. The maximum atomic E-state index is 12.1. The molecule has 2 aliphatic heterocycles.